The van der Waals surface area contributed by atoms with E-state index in [1.165, 1.54) is 11.8 Å². The summed E-state index contributed by atoms with van der Waals surface area (Å²) in [5.74, 6) is -1.09. The van der Waals surface area contributed by atoms with Crippen LogP contribution in [0.2, 0.25) is 0 Å². The standard InChI is InChI=1S/C31H38N2O4S/c1-4-5-18-33(37-22-24-12-7-6-8-13-24)21-25-15-16-27(28(20-25)26-14-10-9-11-23(26)2)30(34)32-29(31(35)36)17-19-38-3/h6-16,20,29H,4-5,17-19,21-22H2,1-3H3,(H,32,34)(H,35,36)/p-1. The average molecular weight is 534 g/mol. The van der Waals surface area contributed by atoms with Gasteiger partial charge in [0, 0.05) is 18.7 Å². The third-order valence-electron chi connectivity index (χ3n) is 6.34. The van der Waals surface area contributed by atoms with Gasteiger partial charge in [-0.25, -0.2) is 0 Å². The lowest BCUT2D eigenvalue weighted by molar-refractivity contribution is -0.308. The molecule has 1 atom stereocenters. The van der Waals surface area contributed by atoms with Gasteiger partial charge in [-0.2, -0.15) is 16.8 Å². The highest BCUT2D eigenvalue weighted by atomic mass is 32.2. The first-order chi connectivity index (χ1) is 18.4. The van der Waals surface area contributed by atoms with Gasteiger partial charge in [0.2, 0.25) is 0 Å². The molecule has 1 amide bonds. The van der Waals surface area contributed by atoms with E-state index in [4.69, 9.17) is 4.84 Å². The minimum atomic E-state index is -1.27. The minimum absolute atomic E-state index is 0.304. The number of hydrogen-bond acceptors (Lipinski definition) is 6. The second-order valence-corrected chi connectivity index (χ2v) is 10.3. The monoisotopic (exact) mass is 533 g/mol. The van der Waals surface area contributed by atoms with Crippen LogP contribution in [0, 0.1) is 6.92 Å². The highest BCUT2D eigenvalue weighted by molar-refractivity contribution is 7.98. The van der Waals surface area contributed by atoms with Crippen molar-refractivity contribution in [2.75, 3.05) is 18.6 Å². The Morgan fingerprint density at radius 1 is 1.00 bits per heavy atom. The first-order valence-corrected chi connectivity index (χ1v) is 14.4. The molecule has 0 aliphatic heterocycles. The van der Waals surface area contributed by atoms with Gasteiger partial charge in [-0.3, -0.25) is 9.63 Å². The van der Waals surface area contributed by atoms with Gasteiger partial charge in [0.05, 0.1) is 18.6 Å². The molecule has 0 radical (unpaired) electrons. The Morgan fingerprint density at radius 2 is 1.74 bits per heavy atom. The fourth-order valence-electron chi connectivity index (χ4n) is 4.17. The number of hydrogen-bond donors (Lipinski definition) is 1. The summed E-state index contributed by atoms with van der Waals surface area (Å²) in [6.45, 7) is 5.98. The van der Waals surface area contributed by atoms with Crippen molar-refractivity contribution in [2.24, 2.45) is 0 Å². The van der Waals surface area contributed by atoms with Gasteiger partial charge < -0.3 is 15.2 Å². The summed E-state index contributed by atoms with van der Waals surface area (Å²) in [6, 6.07) is 22.6. The quantitative estimate of drug-likeness (QED) is 0.277. The van der Waals surface area contributed by atoms with Crippen LogP contribution in [0.1, 0.15) is 53.2 Å². The Hall–Kier alpha value is -3.13. The highest BCUT2D eigenvalue weighted by Gasteiger charge is 2.20. The predicted molar refractivity (Wildman–Crippen MR) is 152 cm³/mol. The molecule has 0 aromatic heterocycles. The molecule has 7 heteroatoms. The number of carboxylic acids is 1. The predicted octanol–water partition coefficient (Wildman–Crippen LogP) is 5.00. The number of nitrogens with one attached hydrogen (secondary N) is 1. The smallest absolute Gasteiger partial charge is 0.252 e. The zero-order valence-electron chi connectivity index (χ0n) is 22.4. The number of unbranched alkanes of at least 4 members (excludes halogenated alkanes) is 1. The molecule has 0 saturated carbocycles. The van der Waals surface area contributed by atoms with Gasteiger partial charge >= 0.3 is 0 Å². The second kappa shape index (κ2) is 15.3. The SMILES string of the molecule is CCCCN(Cc1ccc(C(=O)NC(CCSC)C(=O)[O-])c(-c2ccccc2C)c1)OCc1ccccc1. The fraction of sp³-hybridized carbons (Fsp3) is 0.355. The van der Waals surface area contributed by atoms with E-state index in [2.05, 4.69) is 12.2 Å². The maximum atomic E-state index is 13.3. The van der Waals surface area contributed by atoms with E-state index in [1.807, 2.05) is 85.0 Å². The summed E-state index contributed by atoms with van der Waals surface area (Å²) in [4.78, 5) is 31.1. The Kier molecular flexibility index (Phi) is 11.9. The Labute approximate surface area is 230 Å². The molecule has 3 aromatic carbocycles. The largest absolute Gasteiger partial charge is 0.548 e. The molecule has 0 aliphatic rings. The van der Waals surface area contributed by atoms with E-state index in [0.29, 0.717) is 30.9 Å². The molecule has 0 aliphatic carbocycles. The number of hydroxylamine groups is 2. The van der Waals surface area contributed by atoms with E-state index in [-0.39, 0.29) is 0 Å². The zero-order valence-corrected chi connectivity index (χ0v) is 23.3. The molecule has 0 spiro atoms. The molecule has 0 heterocycles. The van der Waals surface area contributed by atoms with E-state index in [9.17, 15) is 14.7 Å². The zero-order chi connectivity index (χ0) is 27.3. The molecule has 0 saturated heterocycles. The Bertz CT molecular complexity index is 1190. The molecular weight excluding hydrogens is 496 g/mol. The normalized spacial score (nSPS) is 11.9. The van der Waals surface area contributed by atoms with Crippen LogP contribution in [0.25, 0.3) is 11.1 Å². The lowest BCUT2D eigenvalue weighted by Gasteiger charge is -2.23. The molecule has 1 N–H and O–H groups in total. The van der Waals surface area contributed by atoms with Crippen molar-refractivity contribution in [3.8, 4) is 11.1 Å². The van der Waals surface area contributed by atoms with Crippen LogP contribution in [-0.4, -0.2) is 41.5 Å². The lowest BCUT2D eigenvalue weighted by Crippen LogP contribution is -2.48. The molecular formula is C31H37N2O4S-. The maximum Gasteiger partial charge on any atom is 0.252 e. The van der Waals surface area contributed by atoms with Gasteiger partial charge in [-0.1, -0.05) is 74.0 Å². The van der Waals surface area contributed by atoms with Crippen molar-refractivity contribution in [1.29, 1.82) is 0 Å². The van der Waals surface area contributed by atoms with Crippen molar-refractivity contribution in [2.45, 2.75) is 52.3 Å². The van der Waals surface area contributed by atoms with E-state index >= 15 is 0 Å². The van der Waals surface area contributed by atoms with Crippen molar-refractivity contribution in [3.63, 3.8) is 0 Å². The Morgan fingerprint density at radius 3 is 2.42 bits per heavy atom. The number of carboxylic acid groups (broad SMARTS) is 1. The summed E-state index contributed by atoms with van der Waals surface area (Å²) in [5, 5.41) is 16.3. The molecule has 6 nitrogen and oxygen atoms in total. The maximum absolute atomic E-state index is 13.3. The van der Waals surface area contributed by atoms with Gasteiger partial charge in [0.15, 0.2) is 0 Å². The second-order valence-electron chi connectivity index (χ2n) is 9.30. The number of carbonyl (C=O) groups excluding carboxylic acids is 2. The van der Waals surface area contributed by atoms with Gasteiger partial charge in [0.1, 0.15) is 0 Å². The highest BCUT2D eigenvalue weighted by Crippen LogP contribution is 2.29. The first-order valence-electron chi connectivity index (χ1n) is 13.0. The molecule has 202 valence electrons. The van der Waals surface area contributed by atoms with Crippen LogP contribution in [-0.2, 0) is 22.8 Å². The summed E-state index contributed by atoms with van der Waals surface area (Å²) in [5.41, 5.74) is 5.26. The van der Waals surface area contributed by atoms with E-state index in [0.717, 1.165) is 47.2 Å². The average Bonchev–Trinajstić information content (AvgIpc) is 2.93. The molecule has 3 aromatic rings. The van der Waals surface area contributed by atoms with Gasteiger partial charge in [-0.15, -0.1) is 0 Å². The first kappa shape index (κ1) is 29.4. The molecule has 3 rings (SSSR count). The summed E-state index contributed by atoms with van der Waals surface area (Å²) in [7, 11) is 0. The molecule has 38 heavy (non-hydrogen) atoms. The number of benzene rings is 3. The van der Waals surface area contributed by atoms with Gasteiger partial charge in [0.25, 0.3) is 5.91 Å². The topological polar surface area (TPSA) is 81.7 Å². The summed E-state index contributed by atoms with van der Waals surface area (Å²) < 4.78 is 0. The van der Waals surface area contributed by atoms with Crippen LogP contribution in [0.3, 0.4) is 0 Å². The number of amides is 1. The van der Waals surface area contributed by atoms with Crippen LogP contribution in [0.15, 0.2) is 72.8 Å². The summed E-state index contributed by atoms with van der Waals surface area (Å²) >= 11 is 1.53. The number of rotatable bonds is 15. The number of nitrogens with zero attached hydrogens (tertiary/aromatic N) is 1. The van der Waals surface area contributed by atoms with Gasteiger partial charge in [-0.05, 0) is 71.7 Å². The summed E-state index contributed by atoms with van der Waals surface area (Å²) in [6.07, 6.45) is 4.25. The third-order valence-corrected chi connectivity index (χ3v) is 6.98. The van der Waals surface area contributed by atoms with Crippen LogP contribution < -0.4 is 10.4 Å². The molecule has 0 bridgehead atoms. The van der Waals surface area contributed by atoms with Crippen LogP contribution in [0.5, 0.6) is 0 Å². The number of thioether (sulfide) groups is 1. The van der Waals surface area contributed by atoms with E-state index in [1.54, 1.807) is 6.07 Å². The van der Waals surface area contributed by atoms with E-state index < -0.39 is 17.9 Å². The number of aryl methyl sites for hydroxylation is 1. The molecule has 0 fully saturated rings. The fourth-order valence-corrected chi connectivity index (χ4v) is 4.65. The van der Waals surface area contributed by atoms with Crippen LogP contribution in [0.4, 0.5) is 0 Å². The number of carbonyl (C=O) groups is 2. The number of aliphatic carboxylic acids is 1. The van der Waals surface area contributed by atoms with Crippen molar-refractivity contribution < 1.29 is 19.5 Å². The third kappa shape index (κ3) is 8.72. The van der Waals surface area contributed by atoms with Crippen molar-refractivity contribution >= 4 is 23.6 Å². The molecule has 1 unspecified atom stereocenters. The lowest BCUT2D eigenvalue weighted by atomic mass is 9.93. The van der Waals surface area contributed by atoms with Crippen LogP contribution >= 0.6 is 11.8 Å². The van der Waals surface area contributed by atoms with Crippen molar-refractivity contribution in [3.05, 3.63) is 95.1 Å². The Balaban J connectivity index is 1.89. The van der Waals surface area contributed by atoms with Crippen molar-refractivity contribution in [1.82, 2.24) is 10.4 Å². The minimum Gasteiger partial charge on any atom is -0.548 e.